The lowest BCUT2D eigenvalue weighted by molar-refractivity contribution is 0.633. The third-order valence-corrected chi connectivity index (χ3v) is 3.15. The average molecular weight is 260 g/mol. The quantitative estimate of drug-likeness (QED) is 0.886. The molecule has 0 saturated carbocycles. The van der Waals surface area contributed by atoms with Crippen molar-refractivity contribution in [2.45, 2.75) is 34.1 Å². The summed E-state index contributed by atoms with van der Waals surface area (Å²) in [5.74, 6) is 0.327. The number of nitrogens with one attached hydrogen (secondary N) is 1. The third kappa shape index (κ3) is 2.86. The van der Waals surface area contributed by atoms with Gasteiger partial charge in [0.25, 0.3) is 0 Å². The highest BCUT2D eigenvalue weighted by Gasteiger charge is 2.12. The lowest BCUT2D eigenvalue weighted by Crippen LogP contribution is -2.04. The smallest absolute Gasteiger partial charge is 0.134 e. The summed E-state index contributed by atoms with van der Waals surface area (Å²) in [4.78, 5) is 4.64. The Balaban J connectivity index is 2.68. The van der Waals surface area contributed by atoms with E-state index in [0.717, 1.165) is 35.4 Å². The molecule has 0 bridgehead atoms. The van der Waals surface area contributed by atoms with E-state index in [4.69, 9.17) is 0 Å². The van der Waals surface area contributed by atoms with Gasteiger partial charge < -0.3 is 5.32 Å². The molecule has 102 valence electrons. The molecule has 1 N–H and O–H groups in total. The lowest BCUT2D eigenvalue weighted by Gasteiger charge is -2.13. The van der Waals surface area contributed by atoms with Crippen LogP contribution in [0.1, 0.15) is 32.0 Å². The second kappa shape index (κ2) is 5.55. The van der Waals surface area contributed by atoms with Crippen molar-refractivity contribution < 1.29 is 4.39 Å². The van der Waals surface area contributed by atoms with Gasteiger partial charge in [0.2, 0.25) is 0 Å². The fraction of sp³-hybridized carbons (Fsp3) is 0.438. The molecular weight excluding hydrogens is 239 g/mol. The standard InChI is InChI=1S/C16H21FN2/c1-5-18-14-9-12(8-10(2)3)19-16-11(4)6-7-13(17)15(14)16/h6-7,9-10H,5,8H2,1-4H3,(H,18,19). The number of pyridine rings is 1. The molecule has 2 aromatic rings. The van der Waals surface area contributed by atoms with E-state index in [1.165, 1.54) is 6.07 Å². The van der Waals surface area contributed by atoms with Crippen molar-refractivity contribution in [1.82, 2.24) is 4.98 Å². The van der Waals surface area contributed by atoms with Gasteiger partial charge in [-0.05, 0) is 43.9 Å². The maximum atomic E-state index is 14.1. The molecule has 2 rings (SSSR count). The molecule has 0 atom stereocenters. The van der Waals surface area contributed by atoms with Crippen LogP contribution in [0.4, 0.5) is 10.1 Å². The number of aryl methyl sites for hydroxylation is 1. The largest absolute Gasteiger partial charge is 0.385 e. The normalized spacial score (nSPS) is 11.3. The Bertz CT molecular complexity index is 591. The minimum absolute atomic E-state index is 0.208. The fourth-order valence-corrected chi connectivity index (χ4v) is 2.34. The summed E-state index contributed by atoms with van der Waals surface area (Å²) in [5.41, 5.74) is 3.66. The van der Waals surface area contributed by atoms with Gasteiger partial charge in [0.15, 0.2) is 0 Å². The monoisotopic (exact) mass is 260 g/mol. The van der Waals surface area contributed by atoms with E-state index in [-0.39, 0.29) is 5.82 Å². The zero-order valence-corrected chi connectivity index (χ0v) is 12.0. The van der Waals surface area contributed by atoms with Crippen LogP contribution in [0.5, 0.6) is 0 Å². The zero-order chi connectivity index (χ0) is 14.0. The van der Waals surface area contributed by atoms with Crippen LogP contribution in [-0.4, -0.2) is 11.5 Å². The summed E-state index contributed by atoms with van der Waals surface area (Å²) in [6, 6.07) is 5.29. The second-order valence-electron chi connectivity index (χ2n) is 5.38. The van der Waals surface area contributed by atoms with E-state index in [1.54, 1.807) is 6.07 Å². The van der Waals surface area contributed by atoms with Gasteiger partial charge >= 0.3 is 0 Å². The van der Waals surface area contributed by atoms with Crippen molar-refractivity contribution in [2.24, 2.45) is 5.92 Å². The first kappa shape index (κ1) is 13.8. The maximum absolute atomic E-state index is 14.1. The number of nitrogens with zero attached hydrogens (tertiary/aromatic N) is 1. The maximum Gasteiger partial charge on any atom is 0.134 e. The van der Waals surface area contributed by atoms with E-state index < -0.39 is 0 Å². The predicted molar refractivity (Wildman–Crippen MR) is 79.1 cm³/mol. The minimum Gasteiger partial charge on any atom is -0.385 e. The summed E-state index contributed by atoms with van der Waals surface area (Å²) < 4.78 is 14.1. The van der Waals surface area contributed by atoms with E-state index >= 15 is 0 Å². The van der Waals surface area contributed by atoms with Gasteiger partial charge in [0, 0.05) is 17.9 Å². The van der Waals surface area contributed by atoms with E-state index in [2.05, 4.69) is 24.1 Å². The zero-order valence-electron chi connectivity index (χ0n) is 12.0. The summed E-state index contributed by atoms with van der Waals surface area (Å²) in [7, 11) is 0. The number of fused-ring (bicyclic) bond motifs is 1. The molecule has 0 amide bonds. The Hall–Kier alpha value is -1.64. The van der Waals surface area contributed by atoms with Gasteiger partial charge in [-0.25, -0.2) is 4.39 Å². The van der Waals surface area contributed by atoms with E-state index in [9.17, 15) is 4.39 Å². The number of hydrogen-bond donors (Lipinski definition) is 1. The highest BCUT2D eigenvalue weighted by atomic mass is 19.1. The van der Waals surface area contributed by atoms with Crippen LogP contribution in [0.25, 0.3) is 10.9 Å². The van der Waals surface area contributed by atoms with Crippen molar-refractivity contribution >= 4 is 16.6 Å². The molecule has 0 aliphatic carbocycles. The average Bonchev–Trinajstić information content (AvgIpc) is 2.33. The fourth-order valence-electron chi connectivity index (χ4n) is 2.34. The lowest BCUT2D eigenvalue weighted by atomic mass is 10.0. The number of benzene rings is 1. The highest BCUT2D eigenvalue weighted by molar-refractivity contribution is 5.93. The van der Waals surface area contributed by atoms with Crippen molar-refractivity contribution in [3.05, 3.63) is 35.3 Å². The topological polar surface area (TPSA) is 24.9 Å². The van der Waals surface area contributed by atoms with Gasteiger partial charge in [-0.15, -0.1) is 0 Å². The summed E-state index contributed by atoms with van der Waals surface area (Å²) in [5, 5.41) is 3.86. The molecule has 1 heterocycles. The Morgan fingerprint density at radius 2 is 2.05 bits per heavy atom. The van der Waals surface area contributed by atoms with Crippen LogP contribution < -0.4 is 5.32 Å². The molecule has 0 aliphatic heterocycles. The van der Waals surface area contributed by atoms with Gasteiger partial charge in [-0.1, -0.05) is 19.9 Å². The van der Waals surface area contributed by atoms with Crippen LogP contribution in [0, 0.1) is 18.7 Å². The van der Waals surface area contributed by atoms with Crippen molar-refractivity contribution in [1.29, 1.82) is 0 Å². The Morgan fingerprint density at radius 1 is 1.32 bits per heavy atom. The molecule has 0 aliphatic rings. The van der Waals surface area contributed by atoms with Gasteiger partial charge in [0.05, 0.1) is 10.9 Å². The number of hydrogen-bond acceptors (Lipinski definition) is 2. The summed E-state index contributed by atoms with van der Waals surface area (Å²) >= 11 is 0. The molecule has 0 unspecified atom stereocenters. The molecule has 0 radical (unpaired) electrons. The van der Waals surface area contributed by atoms with Gasteiger partial charge in [-0.3, -0.25) is 4.98 Å². The minimum atomic E-state index is -0.208. The second-order valence-corrected chi connectivity index (χ2v) is 5.38. The molecule has 2 nitrogen and oxygen atoms in total. The Kier molecular flexibility index (Phi) is 4.03. The van der Waals surface area contributed by atoms with Crippen molar-refractivity contribution in [2.75, 3.05) is 11.9 Å². The molecule has 0 saturated heterocycles. The molecule has 19 heavy (non-hydrogen) atoms. The van der Waals surface area contributed by atoms with Crippen molar-refractivity contribution in [3.63, 3.8) is 0 Å². The number of halogens is 1. The number of aromatic nitrogens is 1. The summed E-state index contributed by atoms with van der Waals surface area (Å²) in [6.45, 7) is 9.09. The van der Waals surface area contributed by atoms with E-state index in [1.807, 2.05) is 19.9 Å². The molecular formula is C16H21FN2. The molecule has 0 spiro atoms. The Labute approximate surface area is 114 Å². The van der Waals surface area contributed by atoms with Crippen molar-refractivity contribution in [3.8, 4) is 0 Å². The van der Waals surface area contributed by atoms with Crippen LogP contribution in [0.15, 0.2) is 18.2 Å². The van der Waals surface area contributed by atoms with Crippen LogP contribution >= 0.6 is 0 Å². The van der Waals surface area contributed by atoms with Gasteiger partial charge in [-0.2, -0.15) is 0 Å². The SMILES string of the molecule is CCNc1cc(CC(C)C)nc2c(C)ccc(F)c12. The molecule has 0 fully saturated rings. The van der Waals surface area contributed by atoms with Crippen LogP contribution in [0.3, 0.4) is 0 Å². The first-order valence-electron chi connectivity index (χ1n) is 6.85. The molecule has 1 aromatic heterocycles. The molecule has 1 aromatic carbocycles. The number of rotatable bonds is 4. The number of anilines is 1. The van der Waals surface area contributed by atoms with E-state index in [0.29, 0.717) is 11.3 Å². The first-order valence-corrected chi connectivity index (χ1v) is 6.85. The highest BCUT2D eigenvalue weighted by Crippen LogP contribution is 2.29. The van der Waals surface area contributed by atoms with Gasteiger partial charge in [0.1, 0.15) is 5.82 Å². The third-order valence-electron chi connectivity index (χ3n) is 3.15. The summed E-state index contributed by atoms with van der Waals surface area (Å²) in [6.07, 6.45) is 0.907. The predicted octanol–water partition coefficient (Wildman–Crippen LogP) is 4.31. The molecule has 3 heteroatoms. The first-order chi connectivity index (χ1) is 9.02. The Morgan fingerprint density at radius 3 is 2.68 bits per heavy atom. The van der Waals surface area contributed by atoms with Crippen LogP contribution in [0.2, 0.25) is 0 Å². The van der Waals surface area contributed by atoms with Crippen LogP contribution in [-0.2, 0) is 6.42 Å².